The maximum absolute atomic E-state index is 13.1. The summed E-state index contributed by atoms with van der Waals surface area (Å²) in [4.78, 5) is 26.0. The molecule has 0 aromatic heterocycles. The van der Waals surface area contributed by atoms with E-state index in [1.807, 2.05) is 38.1 Å². The number of carbonyl (C=O) groups is 2. The summed E-state index contributed by atoms with van der Waals surface area (Å²) in [5, 5.41) is 21.9. The molecule has 1 aromatic rings. The molecule has 1 spiro atoms. The van der Waals surface area contributed by atoms with E-state index in [9.17, 15) is 14.7 Å². The fraction of sp³-hybridized carbons (Fsp3) is 0.545. The van der Waals surface area contributed by atoms with Gasteiger partial charge in [-0.1, -0.05) is 24.3 Å². The molecule has 5 rings (SSSR count). The van der Waals surface area contributed by atoms with Gasteiger partial charge in [0, 0.05) is 5.92 Å². The lowest BCUT2D eigenvalue weighted by Gasteiger charge is -2.43. The molecule has 1 saturated heterocycles. The van der Waals surface area contributed by atoms with Crippen LogP contribution in [0.15, 0.2) is 46.8 Å². The van der Waals surface area contributed by atoms with Gasteiger partial charge >= 0.3 is 5.97 Å². The quantitative estimate of drug-likeness (QED) is 0.739. The molecule has 0 bridgehead atoms. The molecule has 7 nitrogen and oxygen atoms in total. The Morgan fingerprint density at radius 2 is 2.07 bits per heavy atom. The van der Waals surface area contributed by atoms with Crippen molar-refractivity contribution >= 4 is 17.4 Å². The van der Waals surface area contributed by atoms with E-state index in [0.717, 1.165) is 11.3 Å². The predicted octanol–water partition coefficient (Wildman–Crippen LogP) is 2.77. The van der Waals surface area contributed by atoms with Crippen molar-refractivity contribution in [3.05, 3.63) is 42.0 Å². The van der Waals surface area contributed by atoms with Gasteiger partial charge in [0.1, 0.15) is 11.7 Å². The summed E-state index contributed by atoms with van der Waals surface area (Å²) >= 11 is 0. The molecular weight excluding hydrogens is 370 g/mol. The van der Waals surface area contributed by atoms with Crippen LogP contribution in [0.3, 0.4) is 0 Å². The van der Waals surface area contributed by atoms with Crippen molar-refractivity contribution in [2.24, 2.45) is 27.6 Å². The van der Waals surface area contributed by atoms with Gasteiger partial charge in [-0.3, -0.25) is 4.79 Å². The van der Waals surface area contributed by atoms with Crippen molar-refractivity contribution in [3.63, 3.8) is 0 Å². The minimum absolute atomic E-state index is 0.136. The highest BCUT2D eigenvalue weighted by Gasteiger charge is 2.72. The zero-order chi connectivity index (χ0) is 20.6. The van der Waals surface area contributed by atoms with Crippen molar-refractivity contribution in [2.75, 3.05) is 11.6 Å². The van der Waals surface area contributed by atoms with Crippen LogP contribution in [0.2, 0.25) is 0 Å². The molecule has 2 heterocycles. The number of aliphatic hydroxyl groups is 1. The van der Waals surface area contributed by atoms with Gasteiger partial charge in [0.2, 0.25) is 5.54 Å². The summed E-state index contributed by atoms with van der Waals surface area (Å²) in [5.41, 5.74) is -1.73. The van der Waals surface area contributed by atoms with Crippen LogP contribution >= 0.6 is 0 Å². The monoisotopic (exact) mass is 395 g/mol. The average molecular weight is 395 g/mol. The fourth-order valence-electron chi connectivity index (χ4n) is 5.71. The first-order valence-corrected chi connectivity index (χ1v) is 10.2. The molecular formula is C22H25N3O4. The van der Waals surface area contributed by atoms with E-state index >= 15 is 0 Å². The molecule has 6 atom stereocenters. The van der Waals surface area contributed by atoms with Crippen LogP contribution in [0.1, 0.15) is 32.3 Å². The van der Waals surface area contributed by atoms with Crippen molar-refractivity contribution in [1.82, 2.24) is 0 Å². The summed E-state index contributed by atoms with van der Waals surface area (Å²) in [5.74, 6) is -1.11. The minimum atomic E-state index is -1.33. The number of rotatable bonds is 1. The molecule has 0 radical (unpaired) electrons. The van der Waals surface area contributed by atoms with Gasteiger partial charge in [-0.15, -0.1) is 5.11 Å². The molecule has 4 aliphatic rings. The van der Waals surface area contributed by atoms with Crippen LogP contribution in [0.4, 0.5) is 5.69 Å². The summed E-state index contributed by atoms with van der Waals surface area (Å²) in [6.45, 7) is 5.96. The van der Waals surface area contributed by atoms with E-state index < -0.39 is 28.6 Å². The molecule has 7 heteroatoms. The number of anilines is 1. The predicted molar refractivity (Wildman–Crippen MR) is 105 cm³/mol. The molecule has 2 fully saturated rings. The van der Waals surface area contributed by atoms with E-state index in [1.54, 1.807) is 18.0 Å². The first kappa shape index (κ1) is 18.5. The lowest BCUT2D eigenvalue weighted by Crippen LogP contribution is -2.57. The Morgan fingerprint density at radius 3 is 2.83 bits per heavy atom. The van der Waals surface area contributed by atoms with Gasteiger partial charge in [-0.2, -0.15) is 0 Å². The first-order valence-electron chi connectivity index (χ1n) is 10.2. The number of fused-ring (bicyclic) bond motifs is 4. The Morgan fingerprint density at radius 1 is 1.28 bits per heavy atom. The topological polar surface area (TPSA) is 91.6 Å². The molecule has 1 N–H and O–H groups in total. The van der Waals surface area contributed by atoms with Gasteiger partial charge in [0.25, 0.3) is 0 Å². The normalized spacial score (nSPS) is 42.9. The highest BCUT2D eigenvalue weighted by atomic mass is 16.6. The lowest BCUT2D eigenvalue weighted by atomic mass is 9.63. The first-order chi connectivity index (χ1) is 13.7. The van der Waals surface area contributed by atoms with Crippen molar-refractivity contribution < 1.29 is 19.4 Å². The molecule has 0 amide bonds. The van der Waals surface area contributed by atoms with E-state index in [1.165, 1.54) is 6.08 Å². The number of esters is 1. The molecule has 29 heavy (non-hydrogen) atoms. The fourth-order valence-corrected chi connectivity index (χ4v) is 5.71. The minimum Gasteiger partial charge on any atom is -0.459 e. The smallest absolute Gasteiger partial charge is 0.338 e. The van der Waals surface area contributed by atoms with Crippen LogP contribution in [0, 0.1) is 24.2 Å². The van der Waals surface area contributed by atoms with Crippen molar-refractivity contribution in [1.29, 1.82) is 0 Å². The van der Waals surface area contributed by atoms with Crippen LogP contribution in [-0.2, 0) is 14.3 Å². The number of ether oxygens (including phenoxy) is 1. The molecule has 152 valence electrons. The Hall–Kier alpha value is -2.54. The molecule has 2 aliphatic carbocycles. The SMILES string of the molecule is Cc1cccc(N2CC3(N=N2)C(=O)OC2C3CC[C@H](C)[C@]3(O)C=CC(=O)[C@@]23C)c1. The van der Waals surface area contributed by atoms with E-state index in [2.05, 4.69) is 10.3 Å². The van der Waals surface area contributed by atoms with Crippen molar-refractivity contribution in [2.45, 2.75) is 50.9 Å². The van der Waals surface area contributed by atoms with Crippen LogP contribution in [0.25, 0.3) is 0 Å². The van der Waals surface area contributed by atoms with E-state index in [4.69, 9.17) is 4.74 Å². The zero-order valence-electron chi connectivity index (χ0n) is 16.8. The molecule has 2 aliphatic heterocycles. The molecule has 3 unspecified atom stereocenters. The van der Waals surface area contributed by atoms with Crippen LogP contribution < -0.4 is 5.01 Å². The van der Waals surface area contributed by atoms with Gasteiger partial charge in [-0.05, 0) is 62.5 Å². The van der Waals surface area contributed by atoms with Crippen molar-refractivity contribution in [3.8, 4) is 0 Å². The third kappa shape index (κ3) is 2.16. The summed E-state index contributed by atoms with van der Waals surface area (Å²) < 4.78 is 5.85. The van der Waals surface area contributed by atoms with Gasteiger partial charge in [0.05, 0.1) is 17.6 Å². The lowest BCUT2D eigenvalue weighted by molar-refractivity contribution is -0.166. The van der Waals surface area contributed by atoms with E-state index in [-0.39, 0.29) is 24.2 Å². The molecule has 1 aromatic carbocycles. The van der Waals surface area contributed by atoms with Gasteiger partial charge in [-0.25, -0.2) is 9.80 Å². The van der Waals surface area contributed by atoms with Crippen LogP contribution in [0.5, 0.6) is 0 Å². The number of hydrogen-bond acceptors (Lipinski definition) is 7. The largest absolute Gasteiger partial charge is 0.459 e. The Balaban J connectivity index is 1.54. The molecule has 1 saturated carbocycles. The third-order valence-electron chi connectivity index (χ3n) is 7.65. The number of ketones is 1. The van der Waals surface area contributed by atoms with Crippen LogP contribution in [-0.4, -0.2) is 40.6 Å². The number of nitrogens with zero attached hydrogens (tertiary/aromatic N) is 3. The second kappa shape index (κ2) is 5.75. The number of hydrogen-bond donors (Lipinski definition) is 1. The number of benzene rings is 1. The van der Waals surface area contributed by atoms with Gasteiger partial charge in [0.15, 0.2) is 5.78 Å². The standard InChI is InChI=1S/C22H25N3O4/c1-13-5-4-6-15(11-13)25-12-21(23-24-25)16-8-7-14(2)22(28)10-9-17(26)20(22,3)18(16)29-19(21)27/h4-6,9-11,14,16,18,28H,7-8,12H2,1-3H3/t14-,16?,18?,20-,21?,22+/m0/s1. The highest BCUT2D eigenvalue weighted by molar-refractivity contribution is 6.00. The second-order valence-electron chi connectivity index (χ2n) is 9.15. The number of aryl methyl sites for hydroxylation is 1. The third-order valence-corrected chi connectivity index (χ3v) is 7.65. The van der Waals surface area contributed by atoms with Gasteiger partial charge < -0.3 is 9.84 Å². The Kier molecular flexibility index (Phi) is 3.67. The number of carbonyl (C=O) groups excluding carboxylic acids is 2. The zero-order valence-corrected chi connectivity index (χ0v) is 16.8. The maximum atomic E-state index is 13.1. The highest BCUT2D eigenvalue weighted by Crippen LogP contribution is 2.59. The second-order valence-corrected chi connectivity index (χ2v) is 9.15. The van der Waals surface area contributed by atoms with E-state index in [0.29, 0.717) is 12.8 Å². The number of allylic oxidation sites excluding steroid dienone is 1. The summed E-state index contributed by atoms with van der Waals surface area (Å²) in [6, 6.07) is 7.87. The maximum Gasteiger partial charge on any atom is 0.338 e. The average Bonchev–Trinajstić information content (AvgIpc) is 3.31. The summed E-state index contributed by atoms with van der Waals surface area (Å²) in [7, 11) is 0. The Bertz CT molecular complexity index is 975. The summed E-state index contributed by atoms with van der Waals surface area (Å²) in [6.07, 6.45) is 3.60. The Labute approximate surface area is 169 Å².